The maximum atomic E-state index is 12.9. The first-order valence-corrected chi connectivity index (χ1v) is 11.3. The average molecular weight is 441 g/mol. The SMILES string of the molecule is CC1(c2ccc(Cl)cc2)NN(C(=O)NCCc2ccccc2)CC1N1CCCCC1=O. The van der Waals surface area contributed by atoms with Crippen LogP contribution in [-0.2, 0) is 16.8 Å². The third-order valence-electron chi connectivity index (χ3n) is 6.35. The summed E-state index contributed by atoms with van der Waals surface area (Å²) >= 11 is 6.10. The van der Waals surface area contributed by atoms with Crippen molar-refractivity contribution in [1.82, 2.24) is 20.7 Å². The Hall–Kier alpha value is -2.57. The number of benzene rings is 2. The topological polar surface area (TPSA) is 64.7 Å². The van der Waals surface area contributed by atoms with Crippen LogP contribution in [0.15, 0.2) is 54.6 Å². The first-order valence-electron chi connectivity index (χ1n) is 10.9. The summed E-state index contributed by atoms with van der Waals surface area (Å²) in [5.74, 6) is 0.157. The molecular weight excluding hydrogens is 412 g/mol. The Balaban J connectivity index is 1.50. The van der Waals surface area contributed by atoms with E-state index in [0.29, 0.717) is 24.5 Å². The molecule has 0 spiro atoms. The molecule has 164 valence electrons. The van der Waals surface area contributed by atoms with Gasteiger partial charge in [0.15, 0.2) is 0 Å². The Morgan fingerprint density at radius 2 is 1.90 bits per heavy atom. The molecule has 31 heavy (non-hydrogen) atoms. The van der Waals surface area contributed by atoms with Crippen molar-refractivity contribution in [2.45, 2.75) is 44.2 Å². The summed E-state index contributed by atoms with van der Waals surface area (Å²) in [5.41, 5.74) is 5.00. The lowest BCUT2D eigenvalue weighted by atomic mass is 9.84. The van der Waals surface area contributed by atoms with Crippen molar-refractivity contribution in [3.05, 3.63) is 70.7 Å². The van der Waals surface area contributed by atoms with Crippen molar-refractivity contribution in [3.63, 3.8) is 0 Å². The van der Waals surface area contributed by atoms with Gasteiger partial charge in [0, 0.05) is 24.5 Å². The molecule has 0 aromatic heterocycles. The van der Waals surface area contributed by atoms with Crippen molar-refractivity contribution in [2.75, 3.05) is 19.6 Å². The van der Waals surface area contributed by atoms with Gasteiger partial charge in [-0.25, -0.2) is 10.2 Å². The summed E-state index contributed by atoms with van der Waals surface area (Å²) in [4.78, 5) is 27.6. The van der Waals surface area contributed by atoms with E-state index in [1.807, 2.05) is 47.4 Å². The largest absolute Gasteiger partial charge is 0.337 e. The summed E-state index contributed by atoms with van der Waals surface area (Å²) in [7, 11) is 0. The molecule has 7 heteroatoms. The molecule has 0 aliphatic carbocycles. The molecule has 4 rings (SSSR count). The van der Waals surface area contributed by atoms with E-state index >= 15 is 0 Å². The van der Waals surface area contributed by atoms with Crippen LogP contribution in [0.25, 0.3) is 0 Å². The van der Waals surface area contributed by atoms with Gasteiger partial charge in [0.2, 0.25) is 5.91 Å². The van der Waals surface area contributed by atoms with Crippen LogP contribution in [0, 0.1) is 0 Å². The van der Waals surface area contributed by atoms with E-state index in [0.717, 1.165) is 31.4 Å². The maximum absolute atomic E-state index is 12.9. The lowest BCUT2D eigenvalue weighted by Gasteiger charge is -2.40. The van der Waals surface area contributed by atoms with Gasteiger partial charge in [-0.3, -0.25) is 9.80 Å². The van der Waals surface area contributed by atoms with E-state index in [4.69, 9.17) is 11.6 Å². The Morgan fingerprint density at radius 1 is 1.16 bits per heavy atom. The van der Waals surface area contributed by atoms with Crippen LogP contribution in [0.4, 0.5) is 4.79 Å². The molecule has 2 heterocycles. The van der Waals surface area contributed by atoms with Crippen molar-refractivity contribution in [1.29, 1.82) is 0 Å². The third kappa shape index (κ3) is 4.70. The molecule has 2 saturated heterocycles. The van der Waals surface area contributed by atoms with Gasteiger partial charge in [-0.05, 0) is 49.4 Å². The van der Waals surface area contributed by atoms with E-state index in [9.17, 15) is 9.59 Å². The minimum Gasteiger partial charge on any atom is -0.337 e. The van der Waals surface area contributed by atoms with E-state index < -0.39 is 5.54 Å². The summed E-state index contributed by atoms with van der Waals surface area (Å²) < 4.78 is 0. The Bertz CT molecular complexity index is 921. The van der Waals surface area contributed by atoms with E-state index in [1.54, 1.807) is 5.01 Å². The van der Waals surface area contributed by atoms with Gasteiger partial charge in [-0.2, -0.15) is 0 Å². The molecule has 2 unspecified atom stereocenters. The summed E-state index contributed by atoms with van der Waals surface area (Å²) in [5, 5.41) is 5.28. The molecule has 2 aromatic rings. The van der Waals surface area contributed by atoms with Gasteiger partial charge in [0.05, 0.1) is 18.1 Å². The Morgan fingerprint density at radius 3 is 2.61 bits per heavy atom. The molecule has 0 radical (unpaired) electrons. The fraction of sp³-hybridized carbons (Fsp3) is 0.417. The Labute approximate surface area is 188 Å². The fourth-order valence-corrected chi connectivity index (χ4v) is 4.69. The smallest absolute Gasteiger partial charge is 0.331 e. The zero-order valence-corrected chi connectivity index (χ0v) is 18.6. The lowest BCUT2D eigenvalue weighted by Crippen LogP contribution is -2.55. The zero-order chi connectivity index (χ0) is 21.8. The number of piperidine rings is 1. The molecular formula is C24H29ClN4O2. The second kappa shape index (κ2) is 9.28. The van der Waals surface area contributed by atoms with E-state index in [1.165, 1.54) is 5.56 Å². The van der Waals surface area contributed by atoms with Crippen LogP contribution in [-0.4, -0.2) is 47.5 Å². The highest BCUT2D eigenvalue weighted by atomic mass is 35.5. The number of carbonyl (C=O) groups is 2. The van der Waals surface area contributed by atoms with Crippen LogP contribution < -0.4 is 10.7 Å². The van der Waals surface area contributed by atoms with Gasteiger partial charge < -0.3 is 10.2 Å². The molecule has 2 aromatic carbocycles. The van der Waals surface area contributed by atoms with Crippen LogP contribution in [0.2, 0.25) is 5.02 Å². The monoisotopic (exact) mass is 440 g/mol. The quantitative estimate of drug-likeness (QED) is 0.744. The van der Waals surface area contributed by atoms with Gasteiger partial charge in [-0.1, -0.05) is 54.1 Å². The van der Waals surface area contributed by atoms with Crippen LogP contribution >= 0.6 is 11.6 Å². The minimum absolute atomic E-state index is 0.152. The van der Waals surface area contributed by atoms with Crippen molar-refractivity contribution in [3.8, 4) is 0 Å². The predicted octanol–water partition coefficient (Wildman–Crippen LogP) is 3.71. The van der Waals surface area contributed by atoms with Gasteiger partial charge in [0.25, 0.3) is 0 Å². The number of nitrogens with zero attached hydrogens (tertiary/aromatic N) is 2. The van der Waals surface area contributed by atoms with E-state index in [-0.39, 0.29) is 18.0 Å². The maximum Gasteiger partial charge on any atom is 0.331 e. The highest BCUT2D eigenvalue weighted by molar-refractivity contribution is 6.30. The van der Waals surface area contributed by atoms with E-state index in [2.05, 4.69) is 29.8 Å². The lowest BCUT2D eigenvalue weighted by molar-refractivity contribution is -0.136. The molecule has 3 amide bonds. The number of amides is 3. The third-order valence-corrected chi connectivity index (χ3v) is 6.60. The van der Waals surface area contributed by atoms with Gasteiger partial charge in [-0.15, -0.1) is 0 Å². The zero-order valence-electron chi connectivity index (χ0n) is 17.8. The first-order chi connectivity index (χ1) is 15.0. The fourth-order valence-electron chi connectivity index (χ4n) is 4.56. The number of hydrogen-bond donors (Lipinski definition) is 2. The second-order valence-electron chi connectivity index (χ2n) is 8.46. The predicted molar refractivity (Wildman–Crippen MR) is 122 cm³/mol. The number of likely N-dealkylation sites (tertiary alicyclic amines) is 1. The van der Waals surface area contributed by atoms with Crippen molar-refractivity contribution in [2.24, 2.45) is 0 Å². The molecule has 2 atom stereocenters. The summed E-state index contributed by atoms with van der Waals surface area (Å²) in [6.07, 6.45) is 3.25. The van der Waals surface area contributed by atoms with Crippen molar-refractivity contribution >= 4 is 23.5 Å². The standard InChI is InChI=1S/C24H29ClN4O2/c1-24(19-10-12-20(25)13-11-19)21(28-16-6-5-9-22(28)30)17-29(27-24)23(31)26-15-14-18-7-3-2-4-8-18/h2-4,7-8,10-13,21,27H,5-6,9,14-17H2,1H3,(H,26,31). The molecule has 2 fully saturated rings. The first kappa shape index (κ1) is 21.7. The molecule has 2 aliphatic heterocycles. The molecule has 2 N–H and O–H groups in total. The van der Waals surface area contributed by atoms with Crippen LogP contribution in [0.3, 0.4) is 0 Å². The Kier molecular flexibility index (Phi) is 6.49. The van der Waals surface area contributed by atoms with Crippen LogP contribution in [0.5, 0.6) is 0 Å². The molecule has 2 aliphatic rings. The highest BCUT2D eigenvalue weighted by Crippen LogP contribution is 2.35. The number of hydrogen-bond acceptors (Lipinski definition) is 3. The number of nitrogens with one attached hydrogen (secondary N) is 2. The number of rotatable bonds is 5. The molecule has 0 bridgehead atoms. The normalized spacial score (nSPS) is 23.8. The van der Waals surface area contributed by atoms with Gasteiger partial charge in [0.1, 0.15) is 0 Å². The summed E-state index contributed by atoms with van der Waals surface area (Å²) in [6, 6.07) is 17.4. The average Bonchev–Trinajstić information content (AvgIpc) is 3.14. The second-order valence-corrected chi connectivity index (χ2v) is 8.90. The molecule has 0 saturated carbocycles. The molecule has 6 nitrogen and oxygen atoms in total. The number of halogens is 1. The number of carbonyl (C=O) groups excluding carboxylic acids is 2. The van der Waals surface area contributed by atoms with Crippen molar-refractivity contribution < 1.29 is 9.59 Å². The van der Waals surface area contributed by atoms with Gasteiger partial charge >= 0.3 is 6.03 Å². The van der Waals surface area contributed by atoms with Crippen LogP contribution in [0.1, 0.15) is 37.3 Å². The minimum atomic E-state index is -0.589. The summed E-state index contributed by atoms with van der Waals surface area (Å²) in [6.45, 7) is 3.76. The number of hydrazine groups is 1. The number of urea groups is 1. The highest BCUT2D eigenvalue weighted by Gasteiger charge is 2.49.